The standard InChI is InChI=1S/C10H13N3/c1-3-8(2)7-13-10-9(11)5-4-6-12-10/h3-8H,1,11H2,2H3. The highest BCUT2D eigenvalue weighted by Crippen LogP contribution is 2.16. The lowest BCUT2D eigenvalue weighted by molar-refractivity contribution is 1.03. The van der Waals surface area contributed by atoms with Crippen LogP contribution in [0.2, 0.25) is 0 Å². The maximum atomic E-state index is 5.65. The number of nitrogens with zero attached hydrogens (tertiary/aromatic N) is 2. The third-order valence-corrected chi connectivity index (χ3v) is 1.62. The molecule has 1 atom stereocenters. The van der Waals surface area contributed by atoms with E-state index in [-0.39, 0.29) is 5.92 Å². The minimum atomic E-state index is 0.237. The van der Waals surface area contributed by atoms with E-state index in [1.165, 1.54) is 0 Å². The first kappa shape index (κ1) is 9.45. The topological polar surface area (TPSA) is 51.3 Å². The van der Waals surface area contributed by atoms with Crippen LogP contribution in [-0.2, 0) is 0 Å². The molecule has 0 saturated carbocycles. The van der Waals surface area contributed by atoms with Crippen molar-refractivity contribution in [2.75, 3.05) is 5.73 Å². The van der Waals surface area contributed by atoms with E-state index in [0.29, 0.717) is 11.5 Å². The molecule has 1 aromatic rings. The molecule has 2 N–H and O–H groups in total. The predicted molar refractivity (Wildman–Crippen MR) is 56.2 cm³/mol. The van der Waals surface area contributed by atoms with Crippen molar-refractivity contribution in [1.82, 2.24) is 4.98 Å². The van der Waals surface area contributed by atoms with Crippen LogP contribution in [-0.4, -0.2) is 11.2 Å². The summed E-state index contributed by atoms with van der Waals surface area (Å²) in [5, 5.41) is 0. The van der Waals surface area contributed by atoms with Gasteiger partial charge in [0.15, 0.2) is 5.82 Å². The monoisotopic (exact) mass is 175 g/mol. The Morgan fingerprint density at radius 3 is 3.08 bits per heavy atom. The average Bonchev–Trinajstić information content (AvgIpc) is 2.16. The number of rotatable bonds is 3. The van der Waals surface area contributed by atoms with Crippen molar-refractivity contribution >= 4 is 17.7 Å². The minimum absolute atomic E-state index is 0.237. The van der Waals surface area contributed by atoms with Crippen LogP contribution < -0.4 is 5.73 Å². The van der Waals surface area contributed by atoms with Crippen LogP contribution >= 0.6 is 0 Å². The quantitative estimate of drug-likeness (QED) is 0.565. The maximum Gasteiger partial charge on any atom is 0.175 e. The Balaban J connectivity index is 2.79. The Hall–Kier alpha value is -1.64. The van der Waals surface area contributed by atoms with Gasteiger partial charge in [-0.25, -0.2) is 9.98 Å². The largest absolute Gasteiger partial charge is 0.396 e. The number of hydrogen-bond acceptors (Lipinski definition) is 3. The summed E-state index contributed by atoms with van der Waals surface area (Å²) < 4.78 is 0. The highest BCUT2D eigenvalue weighted by atomic mass is 14.9. The molecule has 0 aliphatic carbocycles. The second-order valence-electron chi connectivity index (χ2n) is 2.79. The Morgan fingerprint density at radius 2 is 2.46 bits per heavy atom. The van der Waals surface area contributed by atoms with E-state index in [1.807, 2.05) is 13.0 Å². The summed E-state index contributed by atoms with van der Waals surface area (Å²) in [5.41, 5.74) is 6.24. The summed E-state index contributed by atoms with van der Waals surface area (Å²) in [6.45, 7) is 5.65. The SMILES string of the molecule is C=CC(C)C=Nc1ncccc1N. The fourth-order valence-corrected chi connectivity index (χ4v) is 0.766. The molecule has 0 saturated heterocycles. The van der Waals surface area contributed by atoms with Crippen molar-refractivity contribution in [2.45, 2.75) is 6.92 Å². The zero-order valence-corrected chi connectivity index (χ0v) is 7.64. The maximum absolute atomic E-state index is 5.65. The fourth-order valence-electron chi connectivity index (χ4n) is 0.766. The molecular weight excluding hydrogens is 162 g/mol. The third-order valence-electron chi connectivity index (χ3n) is 1.62. The molecule has 0 aliphatic rings. The van der Waals surface area contributed by atoms with E-state index in [2.05, 4.69) is 16.6 Å². The molecule has 1 rings (SSSR count). The average molecular weight is 175 g/mol. The molecule has 0 aliphatic heterocycles. The van der Waals surface area contributed by atoms with E-state index in [1.54, 1.807) is 24.5 Å². The Labute approximate surface area is 78.0 Å². The Morgan fingerprint density at radius 1 is 1.69 bits per heavy atom. The van der Waals surface area contributed by atoms with Crippen LogP contribution in [0.5, 0.6) is 0 Å². The van der Waals surface area contributed by atoms with Crippen LogP contribution in [0.3, 0.4) is 0 Å². The molecule has 0 bridgehead atoms. The van der Waals surface area contributed by atoms with Gasteiger partial charge in [0.05, 0.1) is 5.69 Å². The zero-order chi connectivity index (χ0) is 9.68. The fraction of sp³-hybridized carbons (Fsp3) is 0.200. The highest BCUT2D eigenvalue weighted by molar-refractivity contribution is 5.70. The second-order valence-corrected chi connectivity index (χ2v) is 2.79. The minimum Gasteiger partial charge on any atom is -0.396 e. The van der Waals surface area contributed by atoms with Gasteiger partial charge >= 0.3 is 0 Å². The zero-order valence-electron chi connectivity index (χ0n) is 7.64. The van der Waals surface area contributed by atoms with Crippen LogP contribution in [0.1, 0.15) is 6.92 Å². The van der Waals surface area contributed by atoms with Gasteiger partial charge in [0.1, 0.15) is 0 Å². The Kier molecular flexibility index (Phi) is 3.20. The van der Waals surface area contributed by atoms with E-state index < -0.39 is 0 Å². The van der Waals surface area contributed by atoms with Gasteiger partial charge < -0.3 is 5.73 Å². The molecule has 0 aromatic carbocycles. The van der Waals surface area contributed by atoms with E-state index in [4.69, 9.17) is 5.73 Å². The lowest BCUT2D eigenvalue weighted by Gasteiger charge is -1.98. The van der Waals surface area contributed by atoms with E-state index in [9.17, 15) is 0 Å². The summed E-state index contributed by atoms with van der Waals surface area (Å²) in [4.78, 5) is 8.17. The molecule has 1 unspecified atom stereocenters. The Bertz CT molecular complexity index is 318. The lowest BCUT2D eigenvalue weighted by Crippen LogP contribution is -1.91. The number of nitrogens with two attached hydrogens (primary N) is 1. The molecule has 1 aromatic heterocycles. The molecule has 3 nitrogen and oxygen atoms in total. The first-order valence-electron chi connectivity index (χ1n) is 4.11. The summed E-state index contributed by atoms with van der Waals surface area (Å²) in [6, 6.07) is 3.56. The smallest absolute Gasteiger partial charge is 0.175 e. The number of aromatic nitrogens is 1. The summed E-state index contributed by atoms with van der Waals surface area (Å²) in [5.74, 6) is 0.803. The lowest BCUT2D eigenvalue weighted by atomic mass is 10.2. The van der Waals surface area contributed by atoms with Gasteiger partial charge in [0.25, 0.3) is 0 Å². The summed E-state index contributed by atoms with van der Waals surface area (Å²) in [7, 11) is 0. The highest BCUT2D eigenvalue weighted by Gasteiger charge is 1.95. The molecule has 0 amide bonds. The van der Waals surface area contributed by atoms with Crippen molar-refractivity contribution < 1.29 is 0 Å². The first-order chi connectivity index (χ1) is 6.24. The molecule has 68 valence electrons. The van der Waals surface area contributed by atoms with Crippen molar-refractivity contribution in [1.29, 1.82) is 0 Å². The van der Waals surface area contributed by atoms with Gasteiger partial charge in [0.2, 0.25) is 0 Å². The van der Waals surface area contributed by atoms with Gasteiger partial charge in [-0.15, -0.1) is 6.58 Å². The van der Waals surface area contributed by atoms with Crippen LogP contribution in [0.15, 0.2) is 36.0 Å². The van der Waals surface area contributed by atoms with Crippen LogP contribution in [0, 0.1) is 5.92 Å². The predicted octanol–water partition coefficient (Wildman–Crippen LogP) is 2.19. The van der Waals surface area contributed by atoms with E-state index in [0.717, 1.165) is 0 Å². The molecule has 3 heteroatoms. The third kappa shape index (κ3) is 2.71. The number of aliphatic imine (C=N–C) groups is 1. The molecule has 0 radical (unpaired) electrons. The number of allylic oxidation sites excluding steroid dienone is 1. The van der Waals surface area contributed by atoms with Gasteiger partial charge in [-0.05, 0) is 12.1 Å². The number of nitrogen functional groups attached to an aromatic ring is 1. The number of hydrogen-bond donors (Lipinski definition) is 1. The van der Waals surface area contributed by atoms with Crippen molar-refractivity contribution in [3.8, 4) is 0 Å². The number of anilines is 1. The van der Waals surface area contributed by atoms with Gasteiger partial charge in [-0.3, -0.25) is 0 Å². The molecule has 13 heavy (non-hydrogen) atoms. The molecule has 0 fully saturated rings. The van der Waals surface area contributed by atoms with Crippen molar-refractivity contribution in [2.24, 2.45) is 10.9 Å². The summed E-state index contributed by atoms with van der Waals surface area (Å²) >= 11 is 0. The molecular formula is C10H13N3. The van der Waals surface area contributed by atoms with Crippen LogP contribution in [0.25, 0.3) is 0 Å². The first-order valence-corrected chi connectivity index (χ1v) is 4.11. The second kappa shape index (κ2) is 4.40. The summed E-state index contributed by atoms with van der Waals surface area (Å²) in [6.07, 6.45) is 5.25. The van der Waals surface area contributed by atoms with Gasteiger partial charge in [0, 0.05) is 18.3 Å². The van der Waals surface area contributed by atoms with Crippen molar-refractivity contribution in [3.05, 3.63) is 31.0 Å². The molecule has 1 heterocycles. The normalized spacial score (nSPS) is 13.0. The van der Waals surface area contributed by atoms with Gasteiger partial charge in [-0.2, -0.15) is 0 Å². The van der Waals surface area contributed by atoms with Crippen LogP contribution in [0.4, 0.5) is 11.5 Å². The van der Waals surface area contributed by atoms with Gasteiger partial charge in [-0.1, -0.05) is 13.0 Å². The van der Waals surface area contributed by atoms with Crippen molar-refractivity contribution in [3.63, 3.8) is 0 Å². The number of pyridine rings is 1. The molecule has 0 spiro atoms. The van der Waals surface area contributed by atoms with E-state index >= 15 is 0 Å².